The lowest BCUT2D eigenvalue weighted by Crippen LogP contribution is -2.38. The third-order valence-corrected chi connectivity index (χ3v) is 5.54. The van der Waals surface area contributed by atoms with E-state index in [0.29, 0.717) is 18.8 Å². The van der Waals surface area contributed by atoms with Crippen molar-refractivity contribution in [3.8, 4) is 0 Å². The first-order valence-corrected chi connectivity index (χ1v) is 7.88. The SMILES string of the molecule is CC(C)(C)SCC(=O)N1C[C@@H]2CCC[C@@]2(C(=O)O)C1. The Labute approximate surface area is 118 Å². The second-order valence-corrected chi connectivity index (χ2v) is 8.53. The summed E-state index contributed by atoms with van der Waals surface area (Å²) in [5.74, 6) is -0.0105. The van der Waals surface area contributed by atoms with Crippen LogP contribution in [0.1, 0.15) is 40.0 Å². The maximum absolute atomic E-state index is 12.2. The summed E-state index contributed by atoms with van der Waals surface area (Å²) in [5.41, 5.74) is -0.651. The Balaban J connectivity index is 1.98. The van der Waals surface area contributed by atoms with Crippen LogP contribution in [0.5, 0.6) is 0 Å². The molecule has 2 aliphatic rings. The van der Waals surface area contributed by atoms with Crippen molar-refractivity contribution in [2.45, 2.75) is 44.8 Å². The van der Waals surface area contributed by atoms with E-state index in [2.05, 4.69) is 20.8 Å². The van der Waals surface area contributed by atoms with E-state index in [9.17, 15) is 14.7 Å². The van der Waals surface area contributed by atoms with E-state index < -0.39 is 11.4 Å². The zero-order valence-electron chi connectivity index (χ0n) is 11.9. The van der Waals surface area contributed by atoms with Crippen LogP contribution in [0.25, 0.3) is 0 Å². The molecule has 2 atom stereocenters. The third kappa shape index (κ3) is 2.91. The molecule has 5 heteroatoms. The van der Waals surface area contributed by atoms with Crippen molar-refractivity contribution in [2.75, 3.05) is 18.8 Å². The highest BCUT2D eigenvalue weighted by molar-refractivity contribution is 8.01. The Bertz CT molecular complexity index is 391. The predicted octanol–water partition coefficient (Wildman–Crippen LogP) is 2.23. The summed E-state index contributed by atoms with van der Waals surface area (Å²) < 4.78 is 0.0652. The molecule has 1 heterocycles. The lowest BCUT2D eigenvalue weighted by atomic mass is 9.81. The maximum atomic E-state index is 12.2. The van der Waals surface area contributed by atoms with Gasteiger partial charge in [0.15, 0.2) is 0 Å². The van der Waals surface area contributed by atoms with Crippen molar-refractivity contribution in [3.05, 3.63) is 0 Å². The number of thioether (sulfide) groups is 1. The molecule has 0 radical (unpaired) electrons. The summed E-state index contributed by atoms with van der Waals surface area (Å²) in [7, 11) is 0. The summed E-state index contributed by atoms with van der Waals surface area (Å²) in [6, 6.07) is 0. The van der Waals surface area contributed by atoms with Crippen LogP contribution in [-0.4, -0.2) is 45.5 Å². The van der Waals surface area contributed by atoms with Gasteiger partial charge in [0.25, 0.3) is 0 Å². The van der Waals surface area contributed by atoms with Crippen LogP contribution in [0, 0.1) is 11.3 Å². The summed E-state index contributed by atoms with van der Waals surface area (Å²) >= 11 is 1.63. The van der Waals surface area contributed by atoms with Gasteiger partial charge in [0.1, 0.15) is 0 Å². The van der Waals surface area contributed by atoms with E-state index in [1.807, 2.05) is 0 Å². The maximum Gasteiger partial charge on any atom is 0.311 e. The molecule has 0 aromatic carbocycles. The number of amides is 1. The van der Waals surface area contributed by atoms with Gasteiger partial charge in [-0.2, -0.15) is 0 Å². The number of hydrogen-bond donors (Lipinski definition) is 1. The molecule has 0 aromatic rings. The first-order valence-electron chi connectivity index (χ1n) is 6.90. The monoisotopic (exact) mass is 285 g/mol. The summed E-state index contributed by atoms with van der Waals surface area (Å²) in [6.07, 6.45) is 2.65. The molecule has 1 saturated heterocycles. The molecule has 4 nitrogen and oxygen atoms in total. The highest BCUT2D eigenvalue weighted by Crippen LogP contribution is 2.49. The second kappa shape index (κ2) is 5.00. The zero-order chi connectivity index (χ0) is 14.3. The molecule has 2 rings (SSSR count). The van der Waals surface area contributed by atoms with Crippen LogP contribution in [0.15, 0.2) is 0 Å². The normalized spacial score (nSPS) is 30.5. The van der Waals surface area contributed by atoms with E-state index in [1.54, 1.807) is 16.7 Å². The van der Waals surface area contributed by atoms with E-state index in [4.69, 9.17) is 0 Å². The Morgan fingerprint density at radius 1 is 1.42 bits per heavy atom. The fourth-order valence-corrected chi connectivity index (χ4v) is 3.94. The van der Waals surface area contributed by atoms with Crippen molar-refractivity contribution in [2.24, 2.45) is 11.3 Å². The molecule has 19 heavy (non-hydrogen) atoms. The third-order valence-electron chi connectivity index (χ3n) is 4.28. The van der Waals surface area contributed by atoms with Gasteiger partial charge in [0.05, 0.1) is 11.2 Å². The van der Waals surface area contributed by atoms with Gasteiger partial charge >= 0.3 is 5.97 Å². The molecule has 1 N–H and O–H groups in total. The van der Waals surface area contributed by atoms with Crippen molar-refractivity contribution >= 4 is 23.6 Å². The number of carboxylic acid groups (broad SMARTS) is 1. The van der Waals surface area contributed by atoms with Crippen LogP contribution < -0.4 is 0 Å². The molecule has 0 aromatic heterocycles. The predicted molar refractivity (Wildman–Crippen MR) is 76.2 cm³/mol. The minimum Gasteiger partial charge on any atom is -0.481 e. The Hall–Kier alpha value is -0.710. The number of carboxylic acids is 1. The number of likely N-dealkylation sites (tertiary alicyclic amines) is 1. The summed E-state index contributed by atoms with van der Waals surface area (Å²) in [6.45, 7) is 7.31. The van der Waals surface area contributed by atoms with Gasteiger partial charge in [-0.15, -0.1) is 11.8 Å². The largest absolute Gasteiger partial charge is 0.481 e. The highest BCUT2D eigenvalue weighted by Gasteiger charge is 2.55. The first-order chi connectivity index (χ1) is 8.74. The van der Waals surface area contributed by atoms with Gasteiger partial charge in [-0.3, -0.25) is 9.59 Å². The molecule has 0 spiro atoms. The van der Waals surface area contributed by atoms with Gasteiger partial charge in [-0.1, -0.05) is 27.2 Å². The minimum absolute atomic E-state index is 0.0652. The van der Waals surface area contributed by atoms with E-state index in [0.717, 1.165) is 19.3 Å². The summed E-state index contributed by atoms with van der Waals surface area (Å²) in [5, 5.41) is 9.49. The molecule has 1 aliphatic carbocycles. The topological polar surface area (TPSA) is 57.6 Å². The lowest BCUT2D eigenvalue weighted by Gasteiger charge is -2.24. The molecule has 0 bridgehead atoms. The average Bonchev–Trinajstić information content (AvgIpc) is 2.81. The van der Waals surface area contributed by atoms with Crippen LogP contribution in [0.4, 0.5) is 0 Å². The zero-order valence-corrected chi connectivity index (χ0v) is 12.8. The van der Waals surface area contributed by atoms with Crippen molar-refractivity contribution < 1.29 is 14.7 Å². The summed E-state index contributed by atoms with van der Waals surface area (Å²) in [4.78, 5) is 25.5. The molecule has 0 unspecified atom stereocenters. The average molecular weight is 285 g/mol. The van der Waals surface area contributed by atoms with Crippen LogP contribution >= 0.6 is 11.8 Å². The molecular formula is C14H23NO3S. The highest BCUT2D eigenvalue weighted by atomic mass is 32.2. The fourth-order valence-electron chi connectivity index (χ4n) is 3.20. The number of carbonyl (C=O) groups excluding carboxylic acids is 1. The van der Waals surface area contributed by atoms with Gasteiger partial charge < -0.3 is 10.0 Å². The number of fused-ring (bicyclic) bond motifs is 1. The van der Waals surface area contributed by atoms with Gasteiger partial charge in [0, 0.05) is 17.8 Å². The number of carbonyl (C=O) groups is 2. The van der Waals surface area contributed by atoms with Gasteiger partial charge in [-0.05, 0) is 18.8 Å². The first kappa shape index (κ1) is 14.7. The molecule has 1 amide bonds. The van der Waals surface area contributed by atoms with Gasteiger partial charge in [0.2, 0.25) is 5.91 Å². The number of rotatable bonds is 3. The lowest BCUT2D eigenvalue weighted by molar-refractivity contribution is -0.149. The Kier molecular flexibility index (Phi) is 3.87. The molecule has 1 saturated carbocycles. The minimum atomic E-state index is -0.714. The van der Waals surface area contributed by atoms with Gasteiger partial charge in [-0.25, -0.2) is 0 Å². The van der Waals surface area contributed by atoms with E-state index in [-0.39, 0.29) is 16.6 Å². The van der Waals surface area contributed by atoms with Crippen LogP contribution in [-0.2, 0) is 9.59 Å². The smallest absolute Gasteiger partial charge is 0.311 e. The number of aliphatic carboxylic acids is 1. The Morgan fingerprint density at radius 2 is 2.11 bits per heavy atom. The molecule has 1 aliphatic heterocycles. The van der Waals surface area contributed by atoms with E-state index in [1.165, 1.54) is 0 Å². The van der Waals surface area contributed by atoms with Crippen LogP contribution in [0.3, 0.4) is 0 Å². The molecule has 108 valence electrons. The fraction of sp³-hybridized carbons (Fsp3) is 0.857. The number of nitrogens with zero attached hydrogens (tertiary/aromatic N) is 1. The quantitative estimate of drug-likeness (QED) is 0.864. The van der Waals surface area contributed by atoms with Crippen molar-refractivity contribution in [1.29, 1.82) is 0 Å². The van der Waals surface area contributed by atoms with Crippen molar-refractivity contribution in [3.63, 3.8) is 0 Å². The number of hydrogen-bond acceptors (Lipinski definition) is 3. The van der Waals surface area contributed by atoms with Crippen LogP contribution in [0.2, 0.25) is 0 Å². The standard InChI is InChI=1S/C14H23NO3S/c1-13(2,3)19-8-11(16)15-7-10-5-4-6-14(10,9-15)12(17)18/h10H,4-9H2,1-3H3,(H,17,18)/t10-,14+/m0/s1. The molecule has 2 fully saturated rings. The van der Waals surface area contributed by atoms with E-state index >= 15 is 0 Å². The van der Waals surface area contributed by atoms with Crippen molar-refractivity contribution in [1.82, 2.24) is 4.90 Å². The second-order valence-electron chi connectivity index (χ2n) is 6.73. The Morgan fingerprint density at radius 3 is 2.63 bits per heavy atom. The molecular weight excluding hydrogens is 262 g/mol.